The Morgan fingerprint density at radius 1 is 1.30 bits per heavy atom. The number of carbonyl (C=O) groups excluding carboxylic acids is 2. The van der Waals surface area contributed by atoms with E-state index in [2.05, 4.69) is 20.8 Å². The molecule has 2 aromatic heterocycles. The van der Waals surface area contributed by atoms with E-state index in [0.717, 1.165) is 36.5 Å². The number of hydrogen-bond donors (Lipinski definition) is 3. The second-order valence-corrected chi connectivity index (χ2v) is 8.87. The number of H-pyrrole nitrogens is 1. The van der Waals surface area contributed by atoms with Crippen LogP contribution in [0.2, 0.25) is 0 Å². The lowest BCUT2D eigenvalue weighted by atomic mass is 10.1. The monoisotopic (exact) mass is 414 g/mol. The molecular formula is C21H26N4O5. The highest BCUT2D eigenvalue weighted by Crippen LogP contribution is 2.48. The van der Waals surface area contributed by atoms with Crippen molar-refractivity contribution < 1.29 is 23.5 Å². The molecule has 0 spiro atoms. The summed E-state index contributed by atoms with van der Waals surface area (Å²) in [6.07, 6.45) is 2.34. The second-order valence-electron chi connectivity index (χ2n) is 8.87. The maximum absolute atomic E-state index is 12.5. The van der Waals surface area contributed by atoms with Crippen LogP contribution in [0.15, 0.2) is 22.6 Å². The number of aromatic nitrogens is 2. The van der Waals surface area contributed by atoms with Crippen molar-refractivity contribution >= 4 is 17.8 Å². The van der Waals surface area contributed by atoms with Crippen LogP contribution in [0.5, 0.6) is 0 Å². The summed E-state index contributed by atoms with van der Waals surface area (Å²) in [4.78, 5) is 24.4. The van der Waals surface area contributed by atoms with E-state index in [9.17, 15) is 9.59 Å². The first-order valence-corrected chi connectivity index (χ1v) is 10.4. The standard InChI is InChI=1S/C21H26N4O5/c1-11-3-4-16(29-11)13-8-14(13)19(26)22-18-9-15(24-25-18)17-7-12(10-28-17)30-20(27)23-21(2)5-6-21/h3-4,9,12-14,17H,5-8,10H2,1-2H3,(H,23,27)(H2,22,24,25,26)/t12-,13+,14+,17-/m0/s1. The molecule has 3 N–H and O–H groups in total. The quantitative estimate of drug-likeness (QED) is 0.668. The Balaban J connectivity index is 1.11. The maximum Gasteiger partial charge on any atom is 0.407 e. The highest BCUT2D eigenvalue weighted by molar-refractivity contribution is 5.94. The van der Waals surface area contributed by atoms with Gasteiger partial charge in [0.2, 0.25) is 5.91 Å². The normalized spacial score (nSPS) is 28.7. The minimum atomic E-state index is -0.396. The zero-order valence-corrected chi connectivity index (χ0v) is 17.1. The fraction of sp³-hybridized carbons (Fsp3) is 0.571. The summed E-state index contributed by atoms with van der Waals surface area (Å²) in [7, 11) is 0. The number of nitrogens with zero attached hydrogens (tertiary/aromatic N) is 1. The van der Waals surface area contributed by atoms with E-state index >= 15 is 0 Å². The van der Waals surface area contributed by atoms with Crippen LogP contribution in [0.3, 0.4) is 0 Å². The van der Waals surface area contributed by atoms with E-state index in [0.29, 0.717) is 18.8 Å². The van der Waals surface area contributed by atoms with Crippen LogP contribution < -0.4 is 10.6 Å². The van der Waals surface area contributed by atoms with E-state index in [1.807, 2.05) is 26.0 Å². The Labute approximate surface area is 173 Å². The summed E-state index contributed by atoms with van der Waals surface area (Å²) in [6.45, 7) is 4.23. The molecule has 2 amide bonds. The van der Waals surface area contributed by atoms with Gasteiger partial charge in [0.15, 0.2) is 5.82 Å². The molecule has 3 fully saturated rings. The molecule has 160 valence electrons. The molecule has 3 heterocycles. The zero-order valence-electron chi connectivity index (χ0n) is 17.1. The van der Waals surface area contributed by atoms with Crippen molar-refractivity contribution in [2.75, 3.05) is 11.9 Å². The van der Waals surface area contributed by atoms with Gasteiger partial charge in [-0.2, -0.15) is 5.10 Å². The number of amides is 2. The lowest BCUT2D eigenvalue weighted by molar-refractivity contribution is -0.117. The van der Waals surface area contributed by atoms with Crippen LogP contribution in [-0.4, -0.2) is 40.4 Å². The van der Waals surface area contributed by atoms with E-state index in [-0.39, 0.29) is 35.5 Å². The smallest absolute Gasteiger partial charge is 0.407 e. The molecule has 4 atom stereocenters. The van der Waals surface area contributed by atoms with Gasteiger partial charge >= 0.3 is 6.09 Å². The zero-order chi connectivity index (χ0) is 20.9. The SMILES string of the molecule is Cc1ccc([C@@H]2C[C@H]2C(=O)Nc2cc([C@@H]3C[C@H](OC(=O)NC4(C)CC4)CO3)[nH]n2)o1. The number of rotatable bonds is 6. The average Bonchev–Trinajstić information content (AvgIpc) is 3.41. The lowest BCUT2D eigenvalue weighted by Crippen LogP contribution is -2.37. The molecule has 2 aromatic rings. The summed E-state index contributed by atoms with van der Waals surface area (Å²) < 4.78 is 16.8. The molecule has 0 aromatic carbocycles. The van der Waals surface area contributed by atoms with E-state index in [1.165, 1.54) is 0 Å². The third kappa shape index (κ3) is 4.07. The number of hydrogen-bond acceptors (Lipinski definition) is 6. The van der Waals surface area contributed by atoms with Crippen molar-refractivity contribution in [3.05, 3.63) is 35.4 Å². The number of alkyl carbamates (subject to hydrolysis) is 1. The molecule has 1 aliphatic heterocycles. The number of ether oxygens (including phenoxy) is 2. The van der Waals surface area contributed by atoms with Crippen LogP contribution in [-0.2, 0) is 14.3 Å². The largest absolute Gasteiger partial charge is 0.466 e. The molecule has 5 rings (SSSR count). The van der Waals surface area contributed by atoms with Gasteiger partial charge in [0.25, 0.3) is 0 Å². The molecule has 1 saturated heterocycles. The Kier molecular flexibility index (Phi) is 4.57. The molecule has 0 unspecified atom stereocenters. The number of aromatic amines is 1. The Hall–Kier alpha value is -2.81. The van der Waals surface area contributed by atoms with Crippen molar-refractivity contribution in [3.63, 3.8) is 0 Å². The summed E-state index contributed by atoms with van der Waals surface area (Å²) in [6, 6.07) is 5.61. The predicted molar refractivity (Wildman–Crippen MR) is 106 cm³/mol. The molecule has 30 heavy (non-hydrogen) atoms. The molecule has 9 heteroatoms. The number of aryl methyl sites for hydroxylation is 1. The van der Waals surface area contributed by atoms with Gasteiger partial charge < -0.3 is 24.5 Å². The summed E-state index contributed by atoms with van der Waals surface area (Å²) in [5.41, 5.74) is 0.642. The molecule has 3 aliphatic rings. The van der Waals surface area contributed by atoms with Gasteiger partial charge in [-0.1, -0.05) is 0 Å². The third-order valence-electron chi connectivity index (χ3n) is 6.09. The number of nitrogens with one attached hydrogen (secondary N) is 3. The minimum absolute atomic E-state index is 0.0640. The molecular weight excluding hydrogens is 388 g/mol. The first-order chi connectivity index (χ1) is 14.4. The topological polar surface area (TPSA) is 118 Å². The van der Waals surface area contributed by atoms with Crippen molar-refractivity contribution in [2.45, 2.75) is 63.2 Å². The fourth-order valence-corrected chi connectivity index (χ4v) is 3.87. The predicted octanol–water partition coefficient (Wildman–Crippen LogP) is 3.16. The Morgan fingerprint density at radius 3 is 2.87 bits per heavy atom. The van der Waals surface area contributed by atoms with Crippen molar-refractivity contribution in [3.8, 4) is 0 Å². The molecule has 2 saturated carbocycles. The van der Waals surface area contributed by atoms with Crippen LogP contribution in [0.25, 0.3) is 0 Å². The van der Waals surface area contributed by atoms with E-state index in [1.54, 1.807) is 6.07 Å². The number of furan rings is 1. The van der Waals surface area contributed by atoms with Gasteiger partial charge in [0.05, 0.1) is 12.3 Å². The minimum Gasteiger partial charge on any atom is -0.466 e. The van der Waals surface area contributed by atoms with Crippen molar-refractivity contribution in [1.29, 1.82) is 0 Å². The summed E-state index contributed by atoms with van der Waals surface area (Å²) in [5, 5.41) is 12.8. The maximum atomic E-state index is 12.5. The Morgan fingerprint density at radius 2 is 2.13 bits per heavy atom. The van der Waals surface area contributed by atoms with Crippen molar-refractivity contribution in [2.24, 2.45) is 5.92 Å². The summed E-state index contributed by atoms with van der Waals surface area (Å²) in [5.74, 6) is 2.15. The van der Waals surface area contributed by atoms with Crippen LogP contribution in [0, 0.1) is 12.8 Å². The van der Waals surface area contributed by atoms with Gasteiger partial charge in [-0.3, -0.25) is 9.89 Å². The number of carbonyl (C=O) groups is 2. The average molecular weight is 414 g/mol. The van der Waals surface area contributed by atoms with Gasteiger partial charge in [0.1, 0.15) is 23.7 Å². The first kappa shape index (κ1) is 19.2. The second kappa shape index (κ2) is 7.16. The molecule has 0 radical (unpaired) electrons. The third-order valence-corrected chi connectivity index (χ3v) is 6.09. The van der Waals surface area contributed by atoms with Gasteiger partial charge in [-0.25, -0.2) is 4.79 Å². The van der Waals surface area contributed by atoms with E-state index < -0.39 is 6.09 Å². The van der Waals surface area contributed by atoms with Gasteiger partial charge in [-0.05, 0) is 45.2 Å². The van der Waals surface area contributed by atoms with Crippen LogP contribution >= 0.6 is 0 Å². The highest BCUT2D eigenvalue weighted by Gasteiger charge is 2.46. The molecule has 2 aliphatic carbocycles. The Bertz CT molecular complexity index is 962. The summed E-state index contributed by atoms with van der Waals surface area (Å²) >= 11 is 0. The van der Waals surface area contributed by atoms with Crippen LogP contribution in [0.1, 0.15) is 61.8 Å². The number of anilines is 1. The lowest BCUT2D eigenvalue weighted by Gasteiger charge is -2.15. The molecule has 9 nitrogen and oxygen atoms in total. The first-order valence-electron chi connectivity index (χ1n) is 10.4. The molecule has 0 bridgehead atoms. The van der Waals surface area contributed by atoms with Crippen molar-refractivity contribution in [1.82, 2.24) is 15.5 Å². The fourth-order valence-electron chi connectivity index (χ4n) is 3.87. The highest BCUT2D eigenvalue weighted by atomic mass is 16.6. The van der Waals surface area contributed by atoms with Gasteiger partial charge in [-0.15, -0.1) is 0 Å². The van der Waals surface area contributed by atoms with Crippen LogP contribution in [0.4, 0.5) is 10.6 Å². The van der Waals surface area contributed by atoms with Gasteiger partial charge in [0, 0.05) is 29.9 Å². The van der Waals surface area contributed by atoms with E-state index in [4.69, 9.17) is 13.9 Å².